The second-order valence-electron chi connectivity index (χ2n) is 2.24. The predicted molar refractivity (Wildman–Crippen MR) is 40.1 cm³/mol. The number of ether oxygens (including phenoxy) is 2. The molecule has 0 amide bonds. The fourth-order valence-electron chi connectivity index (χ4n) is 0.491. The maximum atomic E-state index is 10.1. The molecule has 0 saturated heterocycles. The van der Waals surface area contributed by atoms with Crippen LogP contribution in [0.5, 0.6) is 0 Å². The summed E-state index contributed by atoms with van der Waals surface area (Å²) in [6, 6.07) is 0. The molecule has 0 aliphatic heterocycles. The zero-order valence-corrected chi connectivity index (χ0v) is 7.15. The quantitative estimate of drug-likeness (QED) is 0.268. The second kappa shape index (κ2) is 5.02. The molecule has 0 rings (SSSR count). The summed E-state index contributed by atoms with van der Waals surface area (Å²) in [5.74, 6) is -2.31. The van der Waals surface area contributed by atoms with E-state index in [4.69, 9.17) is 9.84 Å². The van der Waals surface area contributed by atoms with E-state index in [2.05, 4.69) is 4.74 Å². The Morgan fingerprint density at radius 1 is 1.58 bits per heavy atom. The minimum atomic E-state index is -2.31. The third kappa shape index (κ3) is 4.22. The van der Waals surface area contributed by atoms with Crippen molar-refractivity contribution in [2.75, 3.05) is 19.8 Å². The number of hydrogen-bond acceptors (Lipinski definition) is 5. The van der Waals surface area contributed by atoms with Gasteiger partial charge in [-0.1, -0.05) is 0 Å². The van der Waals surface area contributed by atoms with E-state index in [1.54, 1.807) is 6.92 Å². The second-order valence-corrected chi connectivity index (χ2v) is 2.24. The van der Waals surface area contributed by atoms with Gasteiger partial charge in [0.25, 0.3) is 0 Å². The molecule has 12 heavy (non-hydrogen) atoms. The molecule has 0 saturated carbocycles. The fraction of sp³-hybridized carbons (Fsp3) is 1.00. The van der Waals surface area contributed by atoms with E-state index >= 15 is 0 Å². The number of aliphatic hydroxyl groups is 1. The Balaban J connectivity index is 3.54. The lowest BCUT2D eigenvalue weighted by Crippen LogP contribution is -2.38. The molecule has 0 aromatic heterocycles. The standard InChI is InChI=1S/C6H13NO5/c1-3-11-4-5-12-6(2,8)7(9)10/h8H,3-5H2,1-2H3. The SMILES string of the molecule is CCOCCOC(C)(O)[N+](=O)[O-]. The molecule has 0 aliphatic rings. The van der Waals surface area contributed by atoms with Crippen molar-refractivity contribution in [3.63, 3.8) is 0 Å². The highest BCUT2D eigenvalue weighted by molar-refractivity contribution is 4.40. The van der Waals surface area contributed by atoms with Crippen molar-refractivity contribution < 1.29 is 19.5 Å². The van der Waals surface area contributed by atoms with Crippen LogP contribution in [0, 0.1) is 10.1 Å². The molecular weight excluding hydrogens is 166 g/mol. The minimum absolute atomic E-state index is 0.00181. The minimum Gasteiger partial charge on any atom is -0.379 e. The number of rotatable bonds is 6. The Kier molecular flexibility index (Phi) is 4.72. The van der Waals surface area contributed by atoms with Crippen LogP contribution in [-0.2, 0) is 9.47 Å². The summed E-state index contributed by atoms with van der Waals surface area (Å²) >= 11 is 0. The summed E-state index contributed by atoms with van der Waals surface area (Å²) in [6.07, 6.45) is 0. The van der Waals surface area contributed by atoms with E-state index in [1.807, 2.05) is 0 Å². The van der Waals surface area contributed by atoms with Gasteiger partial charge in [0.2, 0.25) is 0 Å². The Hall–Kier alpha value is -0.720. The third-order valence-electron chi connectivity index (χ3n) is 1.15. The Bertz CT molecular complexity index is 147. The van der Waals surface area contributed by atoms with Gasteiger partial charge in [-0.3, -0.25) is 14.9 Å². The van der Waals surface area contributed by atoms with Crippen LogP contribution in [0.2, 0.25) is 0 Å². The number of nitro groups is 1. The highest BCUT2D eigenvalue weighted by Gasteiger charge is 2.34. The monoisotopic (exact) mass is 179 g/mol. The molecule has 1 unspecified atom stereocenters. The topological polar surface area (TPSA) is 81.8 Å². The molecule has 0 fully saturated rings. The maximum absolute atomic E-state index is 10.1. The smallest absolute Gasteiger partial charge is 0.379 e. The van der Waals surface area contributed by atoms with Crippen molar-refractivity contribution in [1.29, 1.82) is 0 Å². The van der Waals surface area contributed by atoms with Crippen LogP contribution in [0.4, 0.5) is 0 Å². The largest absolute Gasteiger partial charge is 0.436 e. The normalized spacial score (nSPS) is 15.6. The summed E-state index contributed by atoms with van der Waals surface area (Å²) in [4.78, 5) is 9.17. The first-order valence-electron chi connectivity index (χ1n) is 3.59. The zero-order valence-electron chi connectivity index (χ0n) is 7.15. The zero-order chi connectivity index (χ0) is 9.61. The van der Waals surface area contributed by atoms with Gasteiger partial charge in [-0.15, -0.1) is 0 Å². The van der Waals surface area contributed by atoms with Crippen molar-refractivity contribution in [1.82, 2.24) is 0 Å². The average molecular weight is 179 g/mol. The Labute approximate surface area is 70.2 Å². The molecule has 0 radical (unpaired) electrons. The number of hydrogen-bond donors (Lipinski definition) is 1. The van der Waals surface area contributed by atoms with Crippen LogP contribution in [-0.4, -0.2) is 35.8 Å². The Morgan fingerprint density at radius 3 is 2.58 bits per heavy atom. The lowest BCUT2D eigenvalue weighted by Gasteiger charge is -2.13. The third-order valence-corrected chi connectivity index (χ3v) is 1.15. The first-order valence-corrected chi connectivity index (χ1v) is 3.59. The molecule has 1 atom stereocenters. The van der Waals surface area contributed by atoms with Crippen molar-refractivity contribution in [2.45, 2.75) is 19.8 Å². The van der Waals surface area contributed by atoms with Crippen molar-refractivity contribution >= 4 is 0 Å². The van der Waals surface area contributed by atoms with Gasteiger partial charge in [-0.25, -0.2) is 0 Å². The van der Waals surface area contributed by atoms with Gasteiger partial charge in [0.15, 0.2) is 0 Å². The predicted octanol–water partition coefficient (Wildman–Crippen LogP) is -0.0178. The summed E-state index contributed by atoms with van der Waals surface area (Å²) < 4.78 is 9.37. The molecule has 0 heterocycles. The first kappa shape index (κ1) is 11.3. The van der Waals surface area contributed by atoms with E-state index in [0.29, 0.717) is 6.61 Å². The maximum Gasteiger partial charge on any atom is 0.436 e. The number of nitrogens with zero attached hydrogens (tertiary/aromatic N) is 1. The Morgan fingerprint density at radius 2 is 2.17 bits per heavy atom. The van der Waals surface area contributed by atoms with Gasteiger partial charge in [0, 0.05) is 6.61 Å². The molecule has 0 aliphatic carbocycles. The van der Waals surface area contributed by atoms with Crippen molar-refractivity contribution in [3.05, 3.63) is 10.1 Å². The van der Waals surface area contributed by atoms with E-state index < -0.39 is 10.8 Å². The summed E-state index contributed by atoms with van der Waals surface area (Å²) in [5.41, 5.74) is 0. The highest BCUT2D eigenvalue weighted by Crippen LogP contribution is 2.04. The average Bonchev–Trinajstić information content (AvgIpc) is 1.98. The van der Waals surface area contributed by atoms with Crippen LogP contribution in [0.1, 0.15) is 13.8 Å². The summed E-state index contributed by atoms with van der Waals surface area (Å²) in [7, 11) is 0. The van der Waals surface area contributed by atoms with Crippen LogP contribution in [0.15, 0.2) is 0 Å². The van der Waals surface area contributed by atoms with Crippen LogP contribution in [0.25, 0.3) is 0 Å². The molecule has 6 nitrogen and oxygen atoms in total. The molecule has 0 spiro atoms. The molecule has 0 aromatic rings. The van der Waals surface area contributed by atoms with Gasteiger partial charge in [0.05, 0.1) is 25.1 Å². The fourth-order valence-corrected chi connectivity index (χ4v) is 0.491. The van der Waals surface area contributed by atoms with Crippen molar-refractivity contribution in [2.24, 2.45) is 0 Å². The van der Waals surface area contributed by atoms with Crippen LogP contribution in [0.3, 0.4) is 0 Å². The van der Waals surface area contributed by atoms with Gasteiger partial charge in [-0.05, 0) is 6.92 Å². The first-order chi connectivity index (χ1) is 5.50. The van der Waals surface area contributed by atoms with Crippen LogP contribution < -0.4 is 0 Å². The van der Waals surface area contributed by atoms with Gasteiger partial charge in [0.1, 0.15) is 0 Å². The summed E-state index contributed by atoms with van der Waals surface area (Å²) in [5, 5.41) is 19.0. The lowest BCUT2D eigenvalue weighted by atomic mass is 10.6. The molecule has 0 bridgehead atoms. The lowest BCUT2D eigenvalue weighted by molar-refractivity contribution is -0.682. The van der Waals surface area contributed by atoms with Gasteiger partial charge >= 0.3 is 5.91 Å². The van der Waals surface area contributed by atoms with E-state index in [9.17, 15) is 10.1 Å². The van der Waals surface area contributed by atoms with E-state index in [1.165, 1.54) is 0 Å². The van der Waals surface area contributed by atoms with E-state index in [0.717, 1.165) is 6.92 Å². The molecule has 1 N–H and O–H groups in total. The van der Waals surface area contributed by atoms with Crippen LogP contribution >= 0.6 is 0 Å². The molecule has 72 valence electrons. The van der Waals surface area contributed by atoms with E-state index in [-0.39, 0.29) is 13.2 Å². The van der Waals surface area contributed by atoms with Gasteiger partial charge in [-0.2, -0.15) is 0 Å². The molecule has 6 heteroatoms. The molecule has 0 aromatic carbocycles. The highest BCUT2D eigenvalue weighted by atomic mass is 16.8. The van der Waals surface area contributed by atoms with Gasteiger partial charge < -0.3 is 9.84 Å². The molecular formula is C6H13NO5. The summed E-state index contributed by atoms with van der Waals surface area (Å²) in [6.45, 7) is 3.52. The van der Waals surface area contributed by atoms with Crippen molar-refractivity contribution in [3.8, 4) is 0 Å².